The van der Waals surface area contributed by atoms with Crippen molar-refractivity contribution in [1.29, 1.82) is 0 Å². The number of carbonyl (C=O) groups excluding carboxylic acids is 1. The van der Waals surface area contributed by atoms with Crippen LogP contribution < -0.4 is 16.0 Å². The summed E-state index contributed by atoms with van der Waals surface area (Å²) in [6.45, 7) is 8.73. The average molecular weight is 514 g/mol. The molecule has 1 heterocycles. The number of rotatable bonds is 7. The Bertz CT molecular complexity index is 771. The Morgan fingerprint density at radius 3 is 2.32 bits per heavy atom. The van der Waals surface area contributed by atoms with E-state index in [1.807, 2.05) is 49.4 Å². The summed E-state index contributed by atoms with van der Waals surface area (Å²) in [6, 6.07) is 12.5. The zero-order valence-corrected chi connectivity index (χ0v) is 20.4. The largest absolute Gasteiger partial charge is 0.354 e. The Balaban J connectivity index is 0.00000392. The summed E-state index contributed by atoms with van der Waals surface area (Å²) in [5.41, 5.74) is 1.95. The fourth-order valence-electron chi connectivity index (χ4n) is 2.55. The first-order valence-corrected chi connectivity index (χ1v) is 10.1. The van der Waals surface area contributed by atoms with E-state index in [0.717, 1.165) is 23.6 Å². The maximum absolute atomic E-state index is 11.7. The predicted octanol–water partition coefficient (Wildman–Crippen LogP) is 4.57. The van der Waals surface area contributed by atoms with Crippen molar-refractivity contribution in [3.63, 3.8) is 0 Å². The van der Waals surface area contributed by atoms with Crippen LogP contribution >= 0.6 is 35.3 Å². The minimum absolute atomic E-state index is 0. The number of halogens is 1. The third-order valence-electron chi connectivity index (χ3n) is 4.12. The lowest BCUT2D eigenvalue weighted by atomic mass is 10.1. The summed E-state index contributed by atoms with van der Waals surface area (Å²) in [5.74, 6) is 0.786. The molecule has 0 bridgehead atoms. The van der Waals surface area contributed by atoms with Crippen LogP contribution in [0.15, 0.2) is 41.4 Å². The molecule has 28 heavy (non-hydrogen) atoms. The van der Waals surface area contributed by atoms with Gasteiger partial charge in [0.15, 0.2) is 5.96 Å². The quantitative estimate of drug-likeness (QED) is 0.288. The molecule has 0 fully saturated rings. The molecule has 0 aliphatic heterocycles. The number of guanidine groups is 1. The summed E-state index contributed by atoms with van der Waals surface area (Å²) in [6.07, 6.45) is 0.976. The van der Waals surface area contributed by atoms with Crippen LogP contribution in [-0.2, 0) is 17.8 Å². The number of carbonyl (C=O) groups is 1. The number of anilines is 1. The monoisotopic (exact) mass is 514 g/mol. The van der Waals surface area contributed by atoms with Gasteiger partial charge in [0.2, 0.25) is 5.91 Å². The predicted molar refractivity (Wildman–Crippen MR) is 131 cm³/mol. The van der Waals surface area contributed by atoms with Crippen LogP contribution in [0.4, 0.5) is 5.69 Å². The smallest absolute Gasteiger partial charge is 0.226 e. The van der Waals surface area contributed by atoms with Crippen molar-refractivity contribution >= 4 is 52.9 Å². The number of aliphatic imine (C=N–C) groups is 1. The van der Waals surface area contributed by atoms with E-state index >= 15 is 0 Å². The van der Waals surface area contributed by atoms with Gasteiger partial charge in [-0.25, -0.2) is 0 Å². The van der Waals surface area contributed by atoms with Crippen molar-refractivity contribution in [2.24, 2.45) is 10.9 Å². The molecule has 1 unspecified atom stereocenters. The van der Waals surface area contributed by atoms with E-state index in [-0.39, 0.29) is 35.8 Å². The number of hydrogen-bond donors (Lipinski definition) is 3. The van der Waals surface area contributed by atoms with E-state index in [9.17, 15) is 4.79 Å². The van der Waals surface area contributed by atoms with Crippen molar-refractivity contribution in [3.05, 3.63) is 51.7 Å². The van der Waals surface area contributed by atoms with Gasteiger partial charge in [-0.2, -0.15) is 0 Å². The molecule has 5 nitrogen and oxygen atoms in total. The first kappa shape index (κ1) is 24.4. The topological polar surface area (TPSA) is 65.5 Å². The van der Waals surface area contributed by atoms with Crippen LogP contribution in [0.5, 0.6) is 0 Å². The van der Waals surface area contributed by atoms with Gasteiger partial charge in [-0.05, 0) is 43.7 Å². The van der Waals surface area contributed by atoms with Gasteiger partial charge in [0.1, 0.15) is 0 Å². The number of benzene rings is 1. The Hall–Kier alpha value is -1.61. The first-order valence-electron chi connectivity index (χ1n) is 9.29. The van der Waals surface area contributed by atoms with Crippen molar-refractivity contribution in [2.45, 2.75) is 46.7 Å². The molecule has 2 aromatic rings. The highest BCUT2D eigenvalue weighted by Gasteiger charge is 2.09. The third-order valence-corrected chi connectivity index (χ3v) is 5.14. The van der Waals surface area contributed by atoms with Gasteiger partial charge in [-0.15, -0.1) is 35.3 Å². The van der Waals surface area contributed by atoms with E-state index in [0.29, 0.717) is 12.6 Å². The number of nitrogens with one attached hydrogen (secondary N) is 3. The second kappa shape index (κ2) is 12.1. The molecule has 7 heteroatoms. The second-order valence-corrected chi connectivity index (χ2v) is 8.40. The molecule has 1 aromatic carbocycles. The van der Waals surface area contributed by atoms with Crippen LogP contribution in [0.3, 0.4) is 0 Å². The first-order chi connectivity index (χ1) is 12.9. The normalized spacial score (nSPS) is 12.3. The zero-order chi connectivity index (χ0) is 19.8. The summed E-state index contributed by atoms with van der Waals surface area (Å²) >= 11 is 1.84. The van der Waals surface area contributed by atoms with Crippen LogP contribution in [0.25, 0.3) is 0 Å². The molecule has 1 aromatic heterocycles. The summed E-state index contributed by atoms with van der Waals surface area (Å²) in [5, 5.41) is 9.68. The van der Waals surface area contributed by atoms with Crippen molar-refractivity contribution in [1.82, 2.24) is 10.6 Å². The highest BCUT2D eigenvalue weighted by atomic mass is 127. The summed E-state index contributed by atoms with van der Waals surface area (Å²) in [4.78, 5) is 18.8. The molecule has 0 saturated heterocycles. The Kier molecular flexibility index (Phi) is 10.5. The van der Waals surface area contributed by atoms with E-state index in [1.54, 1.807) is 7.05 Å². The molecule has 0 aliphatic carbocycles. The highest BCUT2D eigenvalue weighted by Crippen LogP contribution is 2.16. The van der Waals surface area contributed by atoms with Gasteiger partial charge in [0, 0.05) is 47.4 Å². The molecule has 3 N–H and O–H groups in total. The van der Waals surface area contributed by atoms with Crippen molar-refractivity contribution in [2.75, 3.05) is 12.4 Å². The van der Waals surface area contributed by atoms with Gasteiger partial charge in [0.25, 0.3) is 0 Å². The fraction of sp³-hybridized carbons (Fsp3) is 0.429. The van der Waals surface area contributed by atoms with Crippen molar-refractivity contribution < 1.29 is 4.79 Å². The molecule has 1 amide bonds. The number of hydrogen-bond acceptors (Lipinski definition) is 3. The zero-order valence-electron chi connectivity index (χ0n) is 17.2. The molecular formula is C21H31IN4OS. The number of aryl methyl sites for hydroxylation is 1. The van der Waals surface area contributed by atoms with Gasteiger partial charge in [-0.1, -0.05) is 26.0 Å². The van der Waals surface area contributed by atoms with Gasteiger partial charge < -0.3 is 16.0 Å². The Morgan fingerprint density at radius 1 is 1.11 bits per heavy atom. The maximum atomic E-state index is 11.7. The lowest BCUT2D eigenvalue weighted by Crippen LogP contribution is -2.42. The van der Waals surface area contributed by atoms with E-state index in [2.05, 4.69) is 46.9 Å². The van der Waals surface area contributed by atoms with Crippen LogP contribution in [-0.4, -0.2) is 25.0 Å². The lowest BCUT2D eigenvalue weighted by molar-refractivity contribution is -0.118. The number of amides is 1. The summed E-state index contributed by atoms with van der Waals surface area (Å²) < 4.78 is 0. The highest BCUT2D eigenvalue weighted by molar-refractivity contribution is 14.0. The number of thiophene rings is 1. The third kappa shape index (κ3) is 8.18. The molecule has 0 radical (unpaired) electrons. The SMILES string of the molecule is CN=C(NCc1ccc(NC(=O)C(C)C)cc1)NC(C)Cc1ccc(C)s1.I. The fourth-order valence-corrected chi connectivity index (χ4v) is 3.57. The van der Waals surface area contributed by atoms with Gasteiger partial charge >= 0.3 is 0 Å². The van der Waals surface area contributed by atoms with Crippen LogP contribution in [0, 0.1) is 12.8 Å². The lowest BCUT2D eigenvalue weighted by Gasteiger charge is -2.17. The van der Waals surface area contributed by atoms with Crippen molar-refractivity contribution in [3.8, 4) is 0 Å². The Morgan fingerprint density at radius 2 is 1.79 bits per heavy atom. The molecule has 154 valence electrons. The van der Waals surface area contributed by atoms with E-state index < -0.39 is 0 Å². The standard InChI is InChI=1S/C21H30N4OS.HI/c1-14(2)20(26)25-18-9-7-17(8-10-18)13-23-21(22-5)24-15(3)12-19-11-6-16(4)27-19;/h6-11,14-15H,12-13H2,1-5H3,(H,25,26)(H2,22,23,24);1H. The van der Waals surface area contributed by atoms with Crippen LogP contribution in [0.1, 0.15) is 36.1 Å². The molecule has 2 rings (SSSR count). The second-order valence-electron chi connectivity index (χ2n) is 7.03. The molecular weight excluding hydrogens is 483 g/mol. The van der Waals surface area contributed by atoms with E-state index in [4.69, 9.17) is 0 Å². The molecule has 0 aliphatic rings. The maximum Gasteiger partial charge on any atom is 0.226 e. The molecule has 1 atom stereocenters. The minimum atomic E-state index is -0.0270. The Labute approximate surface area is 189 Å². The number of nitrogens with zero attached hydrogens (tertiary/aromatic N) is 1. The molecule has 0 spiro atoms. The summed E-state index contributed by atoms with van der Waals surface area (Å²) in [7, 11) is 1.78. The van der Waals surface area contributed by atoms with Gasteiger partial charge in [-0.3, -0.25) is 9.79 Å². The van der Waals surface area contributed by atoms with Crippen LogP contribution in [0.2, 0.25) is 0 Å². The van der Waals surface area contributed by atoms with Gasteiger partial charge in [0.05, 0.1) is 0 Å². The average Bonchev–Trinajstić information content (AvgIpc) is 3.04. The minimum Gasteiger partial charge on any atom is -0.354 e. The van der Waals surface area contributed by atoms with E-state index in [1.165, 1.54) is 9.75 Å². The molecule has 0 saturated carbocycles.